The minimum Gasteiger partial charge on any atom is -0.384 e. The van der Waals surface area contributed by atoms with Crippen LogP contribution in [0.3, 0.4) is 0 Å². The molecule has 2 rings (SSSR count). The zero-order valence-corrected chi connectivity index (χ0v) is 12.6. The van der Waals surface area contributed by atoms with Crippen molar-refractivity contribution >= 4 is 0 Å². The fraction of sp³-hybridized carbons (Fsp3) is 0.438. The van der Waals surface area contributed by atoms with Gasteiger partial charge in [-0.3, -0.25) is 4.68 Å². The molecule has 1 aromatic carbocycles. The van der Waals surface area contributed by atoms with Crippen molar-refractivity contribution in [3.05, 3.63) is 52.8 Å². The first-order valence-corrected chi connectivity index (χ1v) is 6.87. The second-order valence-corrected chi connectivity index (χ2v) is 5.64. The Morgan fingerprint density at radius 3 is 2.75 bits per heavy atom. The summed E-state index contributed by atoms with van der Waals surface area (Å²) >= 11 is 0. The van der Waals surface area contributed by atoms with Crippen molar-refractivity contribution in [1.82, 2.24) is 15.1 Å². The van der Waals surface area contributed by atoms with E-state index in [0.717, 1.165) is 12.1 Å². The number of aryl methyl sites for hydroxylation is 2. The predicted molar refractivity (Wildman–Crippen MR) is 80.4 cm³/mol. The predicted octanol–water partition coefficient (Wildman–Crippen LogP) is 2.03. The van der Waals surface area contributed by atoms with Gasteiger partial charge in [-0.1, -0.05) is 18.2 Å². The molecule has 4 nitrogen and oxygen atoms in total. The maximum Gasteiger partial charge on any atom is 0.102 e. The molecule has 0 radical (unpaired) electrons. The summed E-state index contributed by atoms with van der Waals surface area (Å²) < 4.78 is 1.70. The summed E-state index contributed by atoms with van der Waals surface area (Å²) in [6.45, 7) is 7.30. The monoisotopic (exact) mass is 273 g/mol. The Hall–Kier alpha value is -1.65. The Morgan fingerprint density at radius 1 is 1.35 bits per heavy atom. The van der Waals surface area contributed by atoms with Gasteiger partial charge in [-0.25, -0.2) is 0 Å². The van der Waals surface area contributed by atoms with Crippen LogP contribution >= 0.6 is 0 Å². The summed E-state index contributed by atoms with van der Waals surface area (Å²) in [4.78, 5) is 0. The van der Waals surface area contributed by atoms with Crippen LogP contribution in [0.1, 0.15) is 29.2 Å². The molecule has 0 aliphatic heterocycles. The van der Waals surface area contributed by atoms with Gasteiger partial charge in [0.15, 0.2) is 0 Å². The first-order valence-electron chi connectivity index (χ1n) is 6.87. The molecule has 0 spiro atoms. The average molecular weight is 273 g/mol. The minimum absolute atomic E-state index is 0.492. The van der Waals surface area contributed by atoms with Gasteiger partial charge in [-0.05, 0) is 37.5 Å². The van der Waals surface area contributed by atoms with Crippen LogP contribution in [0.15, 0.2) is 30.6 Å². The van der Waals surface area contributed by atoms with Gasteiger partial charge in [-0.2, -0.15) is 5.10 Å². The van der Waals surface area contributed by atoms with E-state index in [1.807, 2.05) is 13.2 Å². The number of aliphatic hydroxyl groups is 1. The van der Waals surface area contributed by atoms with E-state index in [9.17, 15) is 5.11 Å². The maximum absolute atomic E-state index is 10.5. The number of aromatic nitrogens is 2. The average Bonchev–Trinajstić information content (AvgIpc) is 2.82. The zero-order valence-electron chi connectivity index (χ0n) is 12.6. The van der Waals surface area contributed by atoms with Crippen LogP contribution in [-0.4, -0.2) is 21.4 Å². The standard InChI is InChI=1S/C16H23N3O/c1-12-6-5-7-14(13(12)2)8-17-11-16(3,20)15-9-18-19(4)10-15/h5-7,9-10,17,20H,8,11H2,1-4H3. The van der Waals surface area contributed by atoms with Gasteiger partial charge in [-0.15, -0.1) is 0 Å². The van der Waals surface area contributed by atoms with Crippen LogP contribution in [0.25, 0.3) is 0 Å². The highest BCUT2D eigenvalue weighted by molar-refractivity contribution is 5.33. The Balaban J connectivity index is 1.97. The fourth-order valence-electron chi connectivity index (χ4n) is 2.25. The molecule has 0 aliphatic rings. The minimum atomic E-state index is -0.911. The van der Waals surface area contributed by atoms with Crippen LogP contribution in [-0.2, 0) is 19.2 Å². The Morgan fingerprint density at radius 2 is 2.10 bits per heavy atom. The van der Waals surface area contributed by atoms with E-state index in [1.165, 1.54) is 16.7 Å². The number of nitrogens with one attached hydrogen (secondary N) is 1. The summed E-state index contributed by atoms with van der Waals surface area (Å²) in [5, 5.41) is 17.9. The van der Waals surface area contributed by atoms with Gasteiger partial charge in [0, 0.05) is 31.9 Å². The van der Waals surface area contributed by atoms with Crippen molar-refractivity contribution in [1.29, 1.82) is 0 Å². The third kappa shape index (κ3) is 3.26. The van der Waals surface area contributed by atoms with Crippen molar-refractivity contribution in [3.63, 3.8) is 0 Å². The SMILES string of the molecule is Cc1cccc(CNCC(C)(O)c2cnn(C)c2)c1C. The van der Waals surface area contributed by atoms with Crippen molar-refractivity contribution in [3.8, 4) is 0 Å². The normalized spacial score (nSPS) is 14.2. The van der Waals surface area contributed by atoms with Crippen molar-refractivity contribution in [2.24, 2.45) is 7.05 Å². The number of rotatable bonds is 5. The highest BCUT2D eigenvalue weighted by Gasteiger charge is 2.24. The van der Waals surface area contributed by atoms with E-state index < -0.39 is 5.60 Å². The quantitative estimate of drug-likeness (QED) is 0.876. The van der Waals surface area contributed by atoms with Gasteiger partial charge < -0.3 is 10.4 Å². The molecule has 1 atom stereocenters. The lowest BCUT2D eigenvalue weighted by atomic mass is 9.99. The molecule has 20 heavy (non-hydrogen) atoms. The topological polar surface area (TPSA) is 50.1 Å². The van der Waals surface area contributed by atoms with Gasteiger partial charge >= 0.3 is 0 Å². The zero-order chi connectivity index (χ0) is 14.8. The number of benzene rings is 1. The number of nitrogens with zero attached hydrogens (tertiary/aromatic N) is 2. The van der Waals surface area contributed by atoms with Crippen molar-refractivity contribution in [2.45, 2.75) is 32.9 Å². The van der Waals surface area contributed by atoms with E-state index in [-0.39, 0.29) is 0 Å². The molecule has 0 aliphatic carbocycles. The molecular formula is C16H23N3O. The largest absolute Gasteiger partial charge is 0.384 e. The Labute approximate surface area is 120 Å². The van der Waals surface area contributed by atoms with E-state index >= 15 is 0 Å². The summed E-state index contributed by atoms with van der Waals surface area (Å²) in [6, 6.07) is 6.30. The van der Waals surface area contributed by atoms with Crippen LogP contribution in [0, 0.1) is 13.8 Å². The molecule has 0 saturated carbocycles. The highest BCUT2D eigenvalue weighted by atomic mass is 16.3. The van der Waals surface area contributed by atoms with Gasteiger partial charge in [0.2, 0.25) is 0 Å². The van der Waals surface area contributed by atoms with Gasteiger partial charge in [0.1, 0.15) is 5.60 Å². The van der Waals surface area contributed by atoms with Crippen LogP contribution in [0.2, 0.25) is 0 Å². The molecule has 0 saturated heterocycles. The molecule has 0 bridgehead atoms. The van der Waals surface area contributed by atoms with Crippen LogP contribution < -0.4 is 5.32 Å². The molecule has 0 amide bonds. The first-order chi connectivity index (χ1) is 9.40. The Bertz CT molecular complexity index is 587. The van der Waals surface area contributed by atoms with Gasteiger partial charge in [0.05, 0.1) is 6.20 Å². The third-order valence-corrected chi connectivity index (χ3v) is 3.83. The lowest BCUT2D eigenvalue weighted by Gasteiger charge is -2.22. The molecule has 4 heteroatoms. The van der Waals surface area contributed by atoms with E-state index in [1.54, 1.807) is 17.8 Å². The second-order valence-electron chi connectivity index (χ2n) is 5.64. The number of hydrogen-bond donors (Lipinski definition) is 2. The Kier molecular flexibility index (Phi) is 4.26. The molecule has 2 N–H and O–H groups in total. The molecular weight excluding hydrogens is 250 g/mol. The molecule has 1 aromatic heterocycles. The third-order valence-electron chi connectivity index (χ3n) is 3.83. The smallest absolute Gasteiger partial charge is 0.102 e. The van der Waals surface area contributed by atoms with Crippen LogP contribution in [0.5, 0.6) is 0 Å². The second kappa shape index (κ2) is 5.77. The van der Waals surface area contributed by atoms with E-state index in [4.69, 9.17) is 0 Å². The number of hydrogen-bond acceptors (Lipinski definition) is 3. The summed E-state index contributed by atoms with van der Waals surface area (Å²) in [6.07, 6.45) is 3.55. The van der Waals surface area contributed by atoms with Crippen LogP contribution in [0.4, 0.5) is 0 Å². The fourth-order valence-corrected chi connectivity index (χ4v) is 2.25. The van der Waals surface area contributed by atoms with Gasteiger partial charge in [0.25, 0.3) is 0 Å². The lowest BCUT2D eigenvalue weighted by Crippen LogP contribution is -2.35. The van der Waals surface area contributed by atoms with Crippen molar-refractivity contribution in [2.75, 3.05) is 6.54 Å². The molecule has 1 unspecified atom stereocenters. The summed E-state index contributed by atoms with van der Waals surface area (Å²) in [7, 11) is 1.85. The van der Waals surface area contributed by atoms with E-state index in [0.29, 0.717) is 6.54 Å². The van der Waals surface area contributed by atoms with E-state index in [2.05, 4.69) is 42.5 Å². The molecule has 1 heterocycles. The molecule has 0 fully saturated rings. The van der Waals surface area contributed by atoms with Crippen molar-refractivity contribution < 1.29 is 5.11 Å². The molecule has 2 aromatic rings. The maximum atomic E-state index is 10.5. The first kappa shape index (κ1) is 14.8. The summed E-state index contributed by atoms with van der Waals surface area (Å²) in [5.41, 5.74) is 3.79. The summed E-state index contributed by atoms with van der Waals surface area (Å²) in [5.74, 6) is 0. The molecule has 108 valence electrons. The highest BCUT2D eigenvalue weighted by Crippen LogP contribution is 2.19. The lowest BCUT2D eigenvalue weighted by molar-refractivity contribution is 0.0566.